The predicted octanol–water partition coefficient (Wildman–Crippen LogP) is 3.78. The van der Waals surface area contributed by atoms with E-state index in [1.165, 1.54) is 18.4 Å². The van der Waals surface area contributed by atoms with Gasteiger partial charge in [-0.3, -0.25) is 9.88 Å². The van der Waals surface area contributed by atoms with Gasteiger partial charge in [-0.15, -0.1) is 0 Å². The van der Waals surface area contributed by atoms with Crippen molar-refractivity contribution in [2.75, 3.05) is 19.6 Å². The van der Waals surface area contributed by atoms with Gasteiger partial charge in [-0.1, -0.05) is 33.8 Å². The first-order valence-corrected chi connectivity index (χ1v) is 8.30. The first-order chi connectivity index (χ1) is 9.93. The lowest BCUT2D eigenvalue weighted by Crippen LogP contribution is -2.36. The van der Waals surface area contributed by atoms with Gasteiger partial charge in [-0.05, 0) is 56.3 Å². The van der Waals surface area contributed by atoms with E-state index in [0.717, 1.165) is 30.6 Å². The molecular formula is C18H33N3. The van der Waals surface area contributed by atoms with Crippen LogP contribution in [0.25, 0.3) is 0 Å². The van der Waals surface area contributed by atoms with Crippen LogP contribution in [0.1, 0.15) is 57.8 Å². The molecule has 1 aromatic rings. The number of pyridine rings is 1. The van der Waals surface area contributed by atoms with Crippen LogP contribution in [0, 0.1) is 18.8 Å². The fourth-order valence-corrected chi connectivity index (χ4v) is 2.44. The third-order valence-corrected chi connectivity index (χ3v) is 3.97. The summed E-state index contributed by atoms with van der Waals surface area (Å²) in [5, 5.41) is 0. The summed E-state index contributed by atoms with van der Waals surface area (Å²) in [4.78, 5) is 6.99. The van der Waals surface area contributed by atoms with Gasteiger partial charge >= 0.3 is 0 Å². The summed E-state index contributed by atoms with van der Waals surface area (Å²) in [5.41, 5.74) is 8.39. The van der Waals surface area contributed by atoms with Crippen molar-refractivity contribution in [3.05, 3.63) is 29.6 Å². The first-order valence-electron chi connectivity index (χ1n) is 8.30. The molecule has 1 aromatic heterocycles. The van der Waals surface area contributed by atoms with Crippen molar-refractivity contribution in [2.24, 2.45) is 17.6 Å². The molecule has 0 amide bonds. The molecule has 1 unspecified atom stereocenters. The number of aryl methyl sites for hydroxylation is 1. The van der Waals surface area contributed by atoms with Crippen LogP contribution in [-0.4, -0.2) is 29.5 Å². The molecule has 120 valence electrons. The zero-order valence-corrected chi connectivity index (χ0v) is 14.5. The molecule has 0 aromatic carbocycles. The average molecular weight is 291 g/mol. The molecule has 0 saturated heterocycles. The van der Waals surface area contributed by atoms with Gasteiger partial charge in [0.1, 0.15) is 0 Å². The summed E-state index contributed by atoms with van der Waals surface area (Å²) >= 11 is 0. The summed E-state index contributed by atoms with van der Waals surface area (Å²) in [6.45, 7) is 14.0. The maximum absolute atomic E-state index is 6.09. The smallest absolute Gasteiger partial charge is 0.0485 e. The normalized spacial score (nSPS) is 13.4. The van der Waals surface area contributed by atoms with E-state index in [0.29, 0.717) is 6.54 Å². The van der Waals surface area contributed by atoms with Crippen molar-refractivity contribution < 1.29 is 0 Å². The molecule has 1 atom stereocenters. The SMILES string of the molecule is Cc1ccc(C(CN)N(CCC(C)C)CCC(C)C)cn1. The van der Waals surface area contributed by atoms with Crippen molar-refractivity contribution in [1.82, 2.24) is 9.88 Å². The van der Waals surface area contributed by atoms with E-state index in [-0.39, 0.29) is 6.04 Å². The maximum atomic E-state index is 6.09. The van der Waals surface area contributed by atoms with Crippen molar-refractivity contribution in [3.63, 3.8) is 0 Å². The Bertz CT molecular complexity index is 372. The summed E-state index contributed by atoms with van der Waals surface area (Å²) in [6.07, 6.45) is 4.42. The minimum atomic E-state index is 0.288. The minimum absolute atomic E-state index is 0.288. The molecule has 0 spiro atoms. The van der Waals surface area contributed by atoms with Crippen LogP contribution in [0.15, 0.2) is 18.3 Å². The fraction of sp³-hybridized carbons (Fsp3) is 0.722. The lowest BCUT2D eigenvalue weighted by Gasteiger charge is -2.32. The summed E-state index contributed by atoms with van der Waals surface area (Å²) in [7, 11) is 0. The molecule has 21 heavy (non-hydrogen) atoms. The number of nitrogens with zero attached hydrogens (tertiary/aromatic N) is 2. The Morgan fingerprint density at radius 3 is 2.00 bits per heavy atom. The summed E-state index contributed by atoms with van der Waals surface area (Å²) < 4.78 is 0. The second-order valence-corrected chi connectivity index (χ2v) is 6.89. The Balaban J connectivity index is 2.82. The highest BCUT2D eigenvalue weighted by Crippen LogP contribution is 2.21. The number of hydrogen-bond donors (Lipinski definition) is 1. The van der Waals surface area contributed by atoms with Gasteiger partial charge in [0.2, 0.25) is 0 Å². The van der Waals surface area contributed by atoms with Gasteiger partial charge in [-0.2, -0.15) is 0 Å². The van der Waals surface area contributed by atoms with E-state index >= 15 is 0 Å². The topological polar surface area (TPSA) is 42.1 Å². The molecule has 0 aliphatic heterocycles. The van der Waals surface area contributed by atoms with Gasteiger partial charge in [-0.25, -0.2) is 0 Å². The van der Waals surface area contributed by atoms with E-state index in [9.17, 15) is 0 Å². The summed E-state index contributed by atoms with van der Waals surface area (Å²) in [6, 6.07) is 4.55. The third-order valence-electron chi connectivity index (χ3n) is 3.97. The Kier molecular flexibility index (Phi) is 7.91. The molecule has 0 radical (unpaired) electrons. The second kappa shape index (κ2) is 9.16. The third kappa shape index (κ3) is 6.58. The summed E-state index contributed by atoms with van der Waals surface area (Å²) in [5.74, 6) is 1.45. The number of hydrogen-bond acceptors (Lipinski definition) is 3. The zero-order chi connectivity index (χ0) is 15.8. The predicted molar refractivity (Wildman–Crippen MR) is 91.3 cm³/mol. The van der Waals surface area contributed by atoms with Gasteiger partial charge in [0.25, 0.3) is 0 Å². The van der Waals surface area contributed by atoms with Crippen LogP contribution >= 0.6 is 0 Å². The van der Waals surface area contributed by atoms with Gasteiger partial charge in [0, 0.05) is 24.5 Å². The Labute approximate surface area is 130 Å². The van der Waals surface area contributed by atoms with Crippen LogP contribution in [0.3, 0.4) is 0 Å². The first kappa shape index (κ1) is 18.1. The largest absolute Gasteiger partial charge is 0.329 e. The highest BCUT2D eigenvalue weighted by atomic mass is 15.2. The maximum Gasteiger partial charge on any atom is 0.0485 e. The van der Waals surface area contributed by atoms with Crippen molar-refractivity contribution in [2.45, 2.75) is 53.5 Å². The van der Waals surface area contributed by atoms with Gasteiger partial charge < -0.3 is 5.73 Å². The Morgan fingerprint density at radius 2 is 1.62 bits per heavy atom. The van der Waals surface area contributed by atoms with E-state index < -0.39 is 0 Å². The van der Waals surface area contributed by atoms with E-state index in [4.69, 9.17) is 5.73 Å². The van der Waals surface area contributed by atoms with E-state index in [1.54, 1.807) is 0 Å². The molecule has 2 N–H and O–H groups in total. The quantitative estimate of drug-likeness (QED) is 0.753. The van der Waals surface area contributed by atoms with E-state index in [2.05, 4.69) is 49.7 Å². The molecule has 0 aliphatic carbocycles. The van der Waals surface area contributed by atoms with Gasteiger partial charge in [0.05, 0.1) is 0 Å². The molecular weight excluding hydrogens is 258 g/mol. The highest BCUT2D eigenvalue weighted by molar-refractivity contribution is 5.17. The molecule has 0 fully saturated rings. The highest BCUT2D eigenvalue weighted by Gasteiger charge is 2.19. The Hall–Kier alpha value is -0.930. The molecule has 0 bridgehead atoms. The van der Waals surface area contributed by atoms with E-state index in [1.807, 2.05) is 13.1 Å². The molecule has 1 heterocycles. The standard InChI is InChI=1S/C18H33N3/c1-14(2)8-10-21(11-9-15(3)4)18(12-19)17-7-6-16(5)20-13-17/h6-7,13-15,18H,8-12,19H2,1-5H3. The molecule has 3 heteroatoms. The monoisotopic (exact) mass is 291 g/mol. The van der Waals surface area contributed by atoms with Crippen LogP contribution in [0.2, 0.25) is 0 Å². The number of nitrogens with two attached hydrogens (primary N) is 1. The zero-order valence-electron chi connectivity index (χ0n) is 14.5. The van der Waals surface area contributed by atoms with Gasteiger partial charge in [0.15, 0.2) is 0 Å². The molecule has 1 rings (SSSR count). The van der Waals surface area contributed by atoms with Crippen LogP contribution in [0.5, 0.6) is 0 Å². The molecule has 0 saturated carbocycles. The van der Waals surface area contributed by atoms with Crippen molar-refractivity contribution >= 4 is 0 Å². The fourth-order valence-electron chi connectivity index (χ4n) is 2.44. The lowest BCUT2D eigenvalue weighted by molar-refractivity contribution is 0.180. The molecule has 0 aliphatic rings. The van der Waals surface area contributed by atoms with Crippen molar-refractivity contribution in [3.8, 4) is 0 Å². The van der Waals surface area contributed by atoms with Crippen LogP contribution in [0.4, 0.5) is 0 Å². The minimum Gasteiger partial charge on any atom is -0.329 e. The second-order valence-electron chi connectivity index (χ2n) is 6.89. The van der Waals surface area contributed by atoms with Crippen molar-refractivity contribution in [1.29, 1.82) is 0 Å². The van der Waals surface area contributed by atoms with Crippen LogP contribution in [-0.2, 0) is 0 Å². The Morgan fingerprint density at radius 1 is 1.05 bits per heavy atom. The lowest BCUT2D eigenvalue weighted by atomic mass is 10.0. The number of aromatic nitrogens is 1. The average Bonchev–Trinajstić information content (AvgIpc) is 2.43. The molecule has 3 nitrogen and oxygen atoms in total. The number of rotatable bonds is 9. The van der Waals surface area contributed by atoms with Crippen LogP contribution < -0.4 is 5.73 Å².